The molecule has 1 atom stereocenters. The zero-order valence-electron chi connectivity index (χ0n) is 9.02. The smallest absolute Gasteiger partial charge is 0.151 e. The summed E-state index contributed by atoms with van der Waals surface area (Å²) in [5, 5.41) is 17.7. The van der Waals surface area contributed by atoms with Crippen molar-refractivity contribution in [3.8, 4) is 0 Å². The van der Waals surface area contributed by atoms with Gasteiger partial charge in [-0.15, -0.1) is 0 Å². The maximum Gasteiger partial charge on any atom is 0.151 e. The Morgan fingerprint density at radius 3 is 2.53 bits per heavy atom. The van der Waals surface area contributed by atoms with Gasteiger partial charge in [0, 0.05) is 6.61 Å². The van der Waals surface area contributed by atoms with E-state index >= 15 is 0 Å². The molecule has 0 aliphatic carbocycles. The molecule has 0 aliphatic rings. The molecular weight excluding hydrogens is 192 g/mol. The Kier molecular flexibility index (Phi) is 5.32. The van der Waals surface area contributed by atoms with Crippen LogP contribution in [0.2, 0.25) is 0 Å². The van der Waals surface area contributed by atoms with Gasteiger partial charge in [-0.1, -0.05) is 24.3 Å². The van der Waals surface area contributed by atoms with Gasteiger partial charge < -0.3 is 14.9 Å². The molecule has 15 heavy (non-hydrogen) atoms. The number of rotatable bonds is 6. The molecule has 0 fully saturated rings. The average molecular weight is 210 g/mol. The molecule has 84 valence electrons. The van der Waals surface area contributed by atoms with Gasteiger partial charge in [-0.25, -0.2) is 0 Å². The van der Waals surface area contributed by atoms with Crippen LogP contribution in [0.25, 0.3) is 0 Å². The van der Waals surface area contributed by atoms with E-state index in [0.717, 1.165) is 12.0 Å². The molecule has 0 aliphatic heterocycles. The summed E-state index contributed by atoms with van der Waals surface area (Å²) in [6.07, 6.45) is 0.764. The van der Waals surface area contributed by atoms with E-state index < -0.39 is 6.29 Å². The molecule has 0 saturated carbocycles. The van der Waals surface area contributed by atoms with Crippen molar-refractivity contribution in [2.24, 2.45) is 0 Å². The summed E-state index contributed by atoms with van der Waals surface area (Å²) >= 11 is 0. The maximum atomic E-state index is 8.91. The van der Waals surface area contributed by atoms with Crippen molar-refractivity contribution < 1.29 is 14.9 Å². The average Bonchev–Trinajstić information content (AvgIpc) is 2.18. The van der Waals surface area contributed by atoms with Gasteiger partial charge in [-0.3, -0.25) is 0 Å². The lowest BCUT2D eigenvalue weighted by Crippen LogP contribution is -2.09. The van der Waals surface area contributed by atoms with Crippen LogP contribution in [-0.4, -0.2) is 29.7 Å². The van der Waals surface area contributed by atoms with Crippen LogP contribution in [0.15, 0.2) is 24.3 Å². The summed E-state index contributed by atoms with van der Waals surface area (Å²) in [6, 6.07) is 8.05. The molecule has 2 N–H and O–H groups in total. The van der Waals surface area contributed by atoms with Crippen LogP contribution >= 0.6 is 0 Å². The van der Waals surface area contributed by atoms with E-state index in [2.05, 4.69) is 6.07 Å². The van der Waals surface area contributed by atoms with Gasteiger partial charge in [0.1, 0.15) is 0 Å². The van der Waals surface area contributed by atoms with Crippen LogP contribution in [0.1, 0.15) is 18.1 Å². The van der Waals surface area contributed by atoms with Gasteiger partial charge in [0.25, 0.3) is 0 Å². The van der Waals surface area contributed by atoms with E-state index in [0.29, 0.717) is 13.0 Å². The molecule has 0 spiro atoms. The van der Waals surface area contributed by atoms with Crippen LogP contribution in [-0.2, 0) is 17.6 Å². The molecule has 0 aromatic heterocycles. The van der Waals surface area contributed by atoms with E-state index in [1.165, 1.54) is 5.56 Å². The van der Waals surface area contributed by atoms with Crippen LogP contribution in [0.5, 0.6) is 0 Å². The highest BCUT2D eigenvalue weighted by atomic mass is 16.6. The van der Waals surface area contributed by atoms with Crippen LogP contribution in [0, 0.1) is 0 Å². The highest BCUT2D eigenvalue weighted by molar-refractivity contribution is 5.23. The van der Waals surface area contributed by atoms with Crippen LogP contribution in [0.4, 0.5) is 0 Å². The third-order valence-corrected chi connectivity index (χ3v) is 2.14. The third kappa shape index (κ3) is 4.93. The second-order valence-corrected chi connectivity index (χ2v) is 3.51. The van der Waals surface area contributed by atoms with Gasteiger partial charge in [0.2, 0.25) is 0 Å². The van der Waals surface area contributed by atoms with E-state index in [-0.39, 0.29) is 6.61 Å². The van der Waals surface area contributed by atoms with Gasteiger partial charge in [0.05, 0.1) is 6.61 Å². The second-order valence-electron chi connectivity index (χ2n) is 3.51. The summed E-state index contributed by atoms with van der Waals surface area (Å²) in [6.45, 7) is 2.29. The van der Waals surface area contributed by atoms with Crippen molar-refractivity contribution >= 4 is 0 Å². The predicted molar refractivity (Wildman–Crippen MR) is 58.6 cm³/mol. The molecule has 0 bridgehead atoms. The SMILES string of the molecule is CC(O)OCCc1cccc(CCO)c1. The number of aliphatic hydroxyl groups is 2. The molecule has 0 saturated heterocycles. The third-order valence-electron chi connectivity index (χ3n) is 2.14. The minimum absolute atomic E-state index is 0.174. The summed E-state index contributed by atoms with van der Waals surface area (Å²) in [5.74, 6) is 0. The minimum atomic E-state index is -0.703. The Morgan fingerprint density at radius 2 is 1.93 bits per heavy atom. The minimum Gasteiger partial charge on any atom is -0.396 e. The lowest BCUT2D eigenvalue weighted by Gasteiger charge is -2.07. The van der Waals surface area contributed by atoms with Crippen LogP contribution in [0.3, 0.4) is 0 Å². The topological polar surface area (TPSA) is 49.7 Å². The fourth-order valence-corrected chi connectivity index (χ4v) is 1.42. The second kappa shape index (κ2) is 6.56. The highest BCUT2D eigenvalue weighted by Crippen LogP contribution is 2.07. The van der Waals surface area contributed by atoms with E-state index in [1.54, 1.807) is 6.92 Å². The Balaban J connectivity index is 2.43. The van der Waals surface area contributed by atoms with E-state index in [4.69, 9.17) is 14.9 Å². The predicted octanol–water partition coefficient (Wildman–Crippen LogP) is 1.12. The molecule has 1 unspecified atom stereocenters. The van der Waals surface area contributed by atoms with E-state index in [9.17, 15) is 0 Å². The lowest BCUT2D eigenvalue weighted by molar-refractivity contribution is -0.0838. The summed E-state index contributed by atoms with van der Waals surface area (Å²) in [7, 11) is 0. The normalized spacial score (nSPS) is 12.7. The molecule has 3 heteroatoms. The summed E-state index contributed by atoms with van der Waals surface area (Å²) in [5.41, 5.74) is 2.30. The van der Waals surface area contributed by atoms with Gasteiger partial charge >= 0.3 is 0 Å². The lowest BCUT2D eigenvalue weighted by atomic mass is 10.1. The maximum absolute atomic E-state index is 8.91. The first-order valence-corrected chi connectivity index (χ1v) is 5.20. The molecule has 0 amide bonds. The van der Waals surface area contributed by atoms with Crippen molar-refractivity contribution in [1.29, 1.82) is 0 Å². The first kappa shape index (κ1) is 12.2. The number of hydrogen-bond acceptors (Lipinski definition) is 3. The first-order valence-electron chi connectivity index (χ1n) is 5.20. The van der Waals surface area contributed by atoms with Crippen molar-refractivity contribution in [2.45, 2.75) is 26.1 Å². The standard InChI is InChI=1S/C12H18O3/c1-10(14)15-8-6-12-4-2-3-11(9-12)5-7-13/h2-4,9-10,13-14H,5-8H2,1H3. The fourth-order valence-electron chi connectivity index (χ4n) is 1.42. The van der Waals surface area contributed by atoms with Crippen LogP contribution < -0.4 is 0 Å². The number of ether oxygens (including phenoxy) is 1. The molecule has 1 rings (SSSR count). The van der Waals surface area contributed by atoms with E-state index in [1.807, 2.05) is 18.2 Å². The Bertz CT molecular complexity index is 284. The van der Waals surface area contributed by atoms with Crippen molar-refractivity contribution in [3.63, 3.8) is 0 Å². The van der Waals surface area contributed by atoms with Crippen molar-refractivity contribution in [3.05, 3.63) is 35.4 Å². The summed E-state index contributed by atoms with van der Waals surface area (Å²) < 4.78 is 5.05. The molecule has 0 radical (unpaired) electrons. The quantitative estimate of drug-likeness (QED) is 0.692. The Morgan fingerprint density at radius 1 is 1.27 bits per heavy atom. The molecule has 1 aromatic carbocycles. The fraction of sp³-hybridized carbons (Fsp3) is 0.500. The van der Waals surface area contributed by atoms with Crippen molar-refractivity contribution in [2.75, 3.05) is 13.2 Å². The van der Waals surface area contributed by atoms with Gasteiger partial charge in [0.15, 0.2) is 6.29 Å². The monoisotopic (exact) mass is 210 g/mol. The number of hydrogen-bond donors (Lipinski definition) is 2. The summed E-state index contributed by atoms with van der Waals surface area (Å²) in [4.78, 5) is 0. The number of aliphatic hydroxyl groups excluding tert-OH is 2. The Hall–Kier alpha value is -0.900. The molecule has 0 heterocycles. The number of benzene rings is 1. The largest absolute Gasteiger partial charge is 0.396 e. The Labute approximate surface area is 90.3 Å². The zero-order chi connectivity index (χ0) is 11.1. The van der Waals surface area contributed by atoms with Gasteiger partial charge in [-0.05, 0) is 30.9 Å². The first-order chi connectivity index (χ1) is 7.22. The molecule has 3 nitrogen and oxygen atoms in total. The zero-order valence-corrected chi connectivity index (χ0v) is 9.02. The van der Waals surface area contributed by atoms with Gasteiger partial charge in [-0.2, -0.15) is 0 Å². The van der Waals surface area contributed by atoms with Crippen molar-refractivity contribution in [1.82, 2.24) is 0 Å². The highest BCUT2D eigenvalue weighted by Gasteiger charge is 1.98. The molecular formula is C12H18O3. The molecule has 1 aromatic rings.